The summed E-state index contributed by atoms with van der Waals surface area (Å²) in [6, 6.07) is 3.00. The van der Waals surface area contributed by atoms with Crippen molar-refractivity contribution in [3.63, 3.8) is 0 Å². The van der Waals surface area contributed by atoms with Crippen LogP contribution in [0.1, 0.15) is 24.4 Å². The molecule has 2 atom stereocenters. The number of fused-ring (bicyclic) bond motifs is 1. The topological polar surface area (TPSA) is 92.6 Å². The van der Waals surface area contributed by atoms with Gasteiger partial charge in [0.2, 0.25) is 0 Å². The quantitative estimate of drug-likeness (QED) is 0.443. The minimum absolute atomic E-state index is 0.0255. The number of nitrogens with zero attached hydrogens (tertiary/aromatic N) is 5. The standard InChI is InChI=1S/C22H18F4N6O3/c1-11-8-32-18(9-30(11)21(33)29-13-4-14(24)20(26)15(25)5-13)17(7-28-32)31-10-19(35-22(31)34)16-3-2-12(23)6-27-16/h2-7,11,19H,8-10H2,1H3,(H,29,33)/t11-,19?/m0/s1. The van der Waals surface area contributed by atoms with E-state index in [0.717, 1.165) is 6.20 Å². The van der Waals surface area contributed by atoms with Gasteiger partial charge in [-0.05, 0) is 19.1 Å². The van der Waals surface area contributed by atoms with Crippen LogP contribution < -0.4 is 10.2 Å². The zero-order chi connectivity index (χ0) is 24.9. The first-order valence-corrected chi connectivity index (χ1v) is 10.6. The molecule has 3 amide bonds. The van der Waals surface area contributed by atoms with E-state index in [1.807, 2.05) is 0 Å². The van der Waals surface area contributed by atoms with E-state index in [1.165, 1.54) is 28.1 Å². The van der Waals surface area contributed by atoms with Gasteiger partial charge in [-0.25, -0.2) is 27.2 Å². The summed E-state index contributed by atoms with van der Waals surface area (Å²) in [5.74, 6) is -5.00. The van der Waals surface area contributed by atoms with Crippen LogP contribution in [0.15, 0.2) is 36.7 Å². The third-order valence-electron chi connectivity index (χ3n) is 5.89. The number of hydrogen-bond donors (Lipinski definition) is 1. The lowest BCUT2D eigenvalue weighted by molar-refractivity contribution is 0.140. The van der Waals surface area contributed by atoms with Crippen LogP contribution in [0.5, 0.6) is 0 Å². The minimum atomic E-state index is -1.63. The van der Waals surface area contributed by atoms with Crippen LogP contribution in [0.3, 0.4) is 0 Å². The summed E-state index contributed by atoms with van der Waals surface area (Å²) in [6.45, 7) is 2.18. The van der Waals surface area contributed by atoms with Crippen LogP contribution in [0, 0.1) is 23.3 Å². The molecule has 9 nitrogen and oxygen atoms in total. The van der Waals surface area contributed by atoms with Crippen molar-refractivity contribution in [1.29, 1.82) is 0 Å². The zero-order valence-electron chi connectivity index (χ0n) is 18.2. The van der Waals surface area contributed by atoms with Gasteiger partial charge in [0.15, 0.2) is 23.6 Å². The number of benzene rings is 1. The number of rotatable bonds is 3. The molecule has 2 aromatic heterocycles. The zero-order valence-corrected chi connectivity index (χ0v) is 18.2. The van der Waals surface area contributed by atoms with Gasteiger partial charge >= 0.3 is 12.1 Å². The number of carbonyl (C=O) groups is 2. The first-order valence-electron chi connectivity index (χ1n) is 10.6. The Morgan fingerprint density at radius 2 is 1.86 bits per heavy atom. The van der Waals surface area contributed by atoms with Crippen molar-refractivity contribution in [3.8, 4) is 0 Å². The third-order valence-corrected chi connectivity index (χ3v) is 5.89. The van der Waals surface area contributed by atoms with E-state index < -0.39 is 41.5 Å². The number of aromatic nitrogens is 3. The predicted molar refractivity (Wildman–Crippen MR) is 113 cm³/mol. The molecule has 1 unspecified atom stereocenters. The molecular weight excluding hydrogens is 472 g/mol. The summed E-state index contributed by atoms with van der Waals surface area (Å²) in [5.41, 5.74) is 1.11. The molecule has 0 saturated carbocycles. The van der Waals surface area contributed by atoms with E-state index in [4.69, 9.17) is 4.74 Å². The Balaban J connectivity index is 1.35. The Bertz CT molecular complexity index is 1290. The maximum absolute atomic E-state index is 13.5. The van der Waals surface area contributed by atoms with Gasteiger partial charge < -0.3 is 15.0 Å². The number of ether oxygens (including phenoxy) is 1. The van der Waals surface area contributed by atoms with Gasteiger partial charge in [0.25, 0.3) is 0 Å². The Hall–Kier alpha value is -4.16. The highest BCUT2D eigenvalue weighted by Crippen LogP contribution is 2.34. The summed E-state index contributed by atoms with van der Waals surface area (Å²) in [7, 11) is 0. The fourth-order valence-electron chi connectivity index (χ4n) is 4.10. The smallest absolute Gasteiger partial charge is 0.415 e. The van der Waals surface area contributed by atoms with Crippen molar-refractivity contribution in [2.45, 2.75) is 32.2 Å². The first kappa shape index (κ1) is 22.6. The molecule has 4 heterocycles. The lowest BCUT2D eigenvalue weighted by atomic mass is 10.1. The summed E-state index contributed by atoms with van der Waals surface area (Å²) in [5, 5.41) is 6.68. The van der Waals surface area contributed by atoms with Gasteiger partial charge in [0.05, 0.1) is 55.1 Å². The Kier molecular flexibility index (Phi) is 5.53. The SMILES string of the molecule is C[C@H]1Cn2ncc(N3CC(c4ccc(F)cn4)OC3=O)c2CN1C(=O)Nc1cc(F)c(F)c(F)c1. The fourth-order valence-corrected chi connectivity index (χ4v) is 4.10. The normalized spacial score (nSPS) is 19.5. The highest BCUT2D eigenvalue weighted by molar-refractivity contribution is 5.91. The van der Waals surface area contributed by atoms with Gasteiger partial charge in [-0.1, -0.05) is 0 Å². The molecule has 0 bridgehead atoms. The van der Waals surface area contributed by atoms with Gasteiger partial charge in [0.1, 0.15) is 5.82 Å². The number of nitrogens with one attached hydrogen (secondary N) is 1. The monoisotopic (exact) mass is 490 g/mol. The fraction of sp³-hybridized carbons (Fsp3) is 0.273. The van der Waals surface area contributed by atoms with Gasteiger partial charge in [-0.3, -0.25) is 14.6 Å². The van der Waals surface area contributed by atoms with Crippen LogP contribution in [0.25, 0.3) is 0 Å². The van der Waals surface area contributed by atoms with Crippen molar-refractivity contribution in [2.75, 3.05) is 16.8 Å². The number of amides is 3. The Labute approximate surface area is 195 Å². The van der Waals surface area contributed by atoms with Crippen molar-refractivity contribution in [2.24, 2.45) is 0 Å². The molecule has 3 aromatic rings. The van der Waals surface area contributed by atoms with Gasteiger partial charge in [-0.15, -0.1) is 0 Å². The van der Waals surface area contributed by atoms with Crippen LogP contribution in [-0.4, -0.2) is 44.4 Å². The number of anilines is 2. The second-order valence-corrected chi connectivity index (χ2v) is 8.20. The molecule has 1 aromatic carbocycles. The molecule has 35 heavy (non-hydrogen) atoms. The van der Waals surface area contributed by atoms with E-state index in [0.29, 0.717) is 35.8 Å². The van der Waals surface area contributed by atoms with E-state index in [9.17, 15) is 27.2 Å². The maximum Gasteiger partial charge on any atom is 0.415 e. The molecule has 1 N–H and O–H groups in total. The number of urea groups is 1. The first-order chi connectivity index (χ1) is 16.7. The molecule has 2 aliphatic rings. The molecule has 1 saturated heterocycles. The summed E-state index contributed by atoms with van der Waals surface area (Å²) in [4.78, 5) is 32.2. The van der Waals surface area contributed by atoms with Crippen molar-refractivity contribution in [1.82, 2.24) is 19.7 Å². The molecule has 2 aliphatic heterocycles. The molecule has 13 heteroatoms. The van der Waals surface area contributed by atoms with Crippen molar-refractivity contribution >= 4 is 23.5 Å². The maximum atomic E-state index is 13.5. The number of hydrogen-bond acceptors (Lipinski definition) is 5. The summed E-state index contributed by atoms with van der Waals surface area (Å²) >= 11 is 0. The average molecular weight is 490 g/mol. The van der Waals surface area contributed by atoms with E-state index in [1.54, 1.807) is 11.6 Å². The van der Waals surface area contributed by atoms with E-state index >= 15 is 0 Å². The molecule has 5 rings (SSSR count). The van der Waals surface area contributed by atoms with Gasteiger partial charge in [-0.2, -0.15) is 5.10 Å². The summed E-state index contributed by atoms with van der Waals surface area (Å²) < 4.78 is 60.5. The van der Waals surface area contributed by atoms with Crippen molar-refractivity contribution in [3.05, 3.63) is 71.3 Å². The van der Waals surface area contributed by atoms with Crippen LogP contribution in [0.2, 0.25) is 0 Å². The highest BCUT2D eigenvalue weighted by Gasteiger charge is 2.38. The molecule has 0 spiro atoms. The second kappa shape index (κ2) is 8.56. The lowest BCUT2D eigenvalue weighted by Gasteiger charge is -2.34. The van der Waals surface area contributed by atoms with E-state index in [2.05, 4.69) is 15.4 Å². The van der Waals surface area contributed by atoms with Gasteiger partial charge in [0, 0.05) is 17.8 Å². The lowest BCUT2D eigenvalue weighted by Crippen LogP contribution is -2.47. The predicted octanol–water partition coefficient (Wildman–Crippen LogP) is 3.97. The number of halogens is 4. The average Bonchev–Trinajstić information content (AvgIpc) is 3.39. The molecule has 0 radical (unpaired) electrons. The largest absolute Gasteiger partial charge is 0.437 e. The molecule has 0 aliphatic carbocycles. The van der Waals surface area contributed by atoms with Crippen LogP contribution in [-0.2, 0) is 17.8 Å². The minimum Gasteiger partial charge on any atom is -0.437 e. The Morgan fingerprint density at radius 3 is 2.54 bits per heavy atom. The third kappa shape index (κ3) is 4.13. The van der Waals surface area contributed by atoms with Crippen molar-refractivity contribution < 1.29 is 31.9 Å². The number of pyridine rings is 1. The van der Waals surface area contributed by atoms with Crippen LogP contribution >= 0.6 is 0 Å². The van der Waals surface area contributed by atoms with Crippen LogP contribution in [0.4, 0.5) is 38.5 Å². The Morgan fingerprint density at radius 1 is 1.11 bits per heavy atom. The number of carbonyl (C=O) groups excluding carboxylic acids is 2. The highest BCUT2D eigenvalue weighted by atomic mass is 19.2. The number of cyclic esters (lactones) is 1. The molecule has 182 valence electrons. The molecule has 1 fully saturated rings. The second-order valence-electron chi connectivity index (χ2n) is 8.20. The summed E-state index contributed by atoms with van der Waals surface area (Å²) in [6.07, 6.45) is 1.15. The molecular formula is C22H18F4N6O3. The van der Waals surface area contributed by atoms with E-state index in [-0.39, 0.29) is 24.8 Å².